The van der Waals surface area contributed by atoms with E-state index in [1.54, 1.807) is 29.2 Å². The first-order valence-electron chi connectivity index (χ1n) is 10.9. The monoisotopic (exact) mass is 462 g/mol. The normalized spacial score (nSPS) is 11.5. The molecule has 0 aliphatic heterocycles. The van der Waals surface area contributed by atoms with Crippen LogP contribution in [0, 0.1) is 5.82 Å². The fourth-order valence-electron chi connectivity index (χ4n) is 3.52. The van der Waals surface area contributed by atoms with E-state index >= 15 is 0 Å². The summed E-state index contributed by atoms with van der Waals surface area (Å²) in [7, 11) is 0. The predicted octanol–water partition coefficient (Wildman–Crippen LogP) is 4.42. The molecule has 0 heterocycles. The zero-order valence-corrected chi connectivity index (χ0v) is 19.0. The lowest BCUT2D eigenvalue weighted by Gasteiger charge is -2.29. The van der Waals surface area contributed by atoms with Gasteiger partial charge in [-0.05, 0) is 60.6 Å². The van der Waals surface area contributed by atoms with Crippen LogP contribution >= 0.6 is 0 Å². The van der Waals surface area contributed by atoms with Gasteiger partial charge in [-0.25, -0.2) is 4.39 Å². The van der Waals surface area contributed by atoms with Crippen LogP contribution in [0.5, 0.6) is 0 Å². The summed E-state index contributed by atoms with van der Waals surface area (Å²) >= 11 is 0. The molecule has 1 atom stereocenters. The molecule has 34 heavy (non-hydrogen) atoms. The third kappa shape index (κ3) is 6.98. The first kappa shape index (κ1) is 24.6. The minimum Gasteiger partial charge on any atom is -0.326 e. The Morgan fingerprint density at radius 1 is 0.794 bits per heavy atom. The van der Waals surface area contributed by atoms with Crippen LogP contribution in [-0.4, -0.2) is 35.7 Å². The number of rotatable bonds is 9. The van der Waals surface area contributed by atoms with Gasteiger partial charge in [0.15, 0.2) is 0 Å². The Kier molecular flexibility index (Phi) is 8.48. The summed E-state index contributed by atoms with van der Waals surface area (Å²) in [6.07, 6.45) is 0. The number of nitrogens with zero attached hydrogens (tertiary/aromatic N) is 1. The van der Waals surface area contributed by atoms with Crippen molar-refractivity contribution in [2.45, 2.75) is 19.9 Å². The second-order valence-electron chi connectivity index (χ2n) is 7.68. The Hall–Kier alpha value is -4.04. The number of carbonyl (C=O) groups is 3. The van der Waals surface area contributed by atoms with Crippen LogP contribution in [0.25, 0.3) is 0 Å². The average molecular weight is 463 g/mol. The highest BCUT2D eigenvalue weighted by molar-refractivity contribution is 5.97. The molecule has 176 valence electrons. The lowest BCUT2D eigenvalue weighted by molar-refractivity contribution is -0.124. The van der Waals surface area contributed by atoms with Gasteiger partial charge in [-0.1, -0.05) is 37.3 Å². The van der Waals surface area contributed by atoms with Gasteiger partial charge in [-0.2, -0.15) is 0 Å². The summed E-state index contributed by atoms with van der Waals surface area (Å²) in [6.45, 7) is 3.70. The molecule has 0 bridgehead atoms. The van der Waals surface area contributed by atoms with E-state index in [4.69, 9.17) is 0 Å². The van der Waals surface area contributed by atoms with Gasteiger partial charge in [0, 0.05) is 24.0 Å². The van der Waals surface area contributed by atoms with Crippen LogP contribution in [0.1, 0.15) is 25.5 Å². The molecule has 0 saturated carbocycles. The summed E-state index contributed by atoms with van der Waals surface area (Å²) in [5.41, 5.74) is 2.40. The first-order valence-corrected chi connectivity index (χ1v) is 10.9. The van der Waals surface area contributed by atoms with E-state index in [0.29, 0.717) is 23.6 Å². The fraction of sp³-hybridized carbons (Fsp3) is 0.192. The zero-order valence-electron chi connectivity index (χ0n) is 19.0. The number of halogens is 1. The first-order chi connectivity index (χ1) is 16.4. The summed E-state index contributed by atoms with van der Waals surface area (Å²) in [5.74, 6) is -1.19. The summed E-state index contributed by atoms with van der Waals surface area (Å²) in [6, 6.07) is 20.7. The van der Waals surface area contributed by atoms with Gasteiger partial charge in [0.25, 0.3) is 0 Å². The molecule has 7 nitrogen and oxygen atoms in total. The molecule has 3 aromatic rings. The molecule has 1 unspecified atom stereocenters. The second kappa shape index (κ2) is 11.7. The Morgan fingerprint density at radius 2 is 1.32 bits per heavy atom. The Bertz CT molecular complexity index is 1120. The van der Waals surface area contributed by atoms with Crippen molar-refractivity contribution in [3.05, 3.63) is 90.2 Å². The van der Waals surface area contributed by atoms with Crippen molar-refractivity contribution in [3.63, 3.8) is 0 Å². The van der Waals surface area contributed by atoms with Crippen molar-refractivity contribution < 1.29 is 18.8 Å². The second-order valence-corrected chi connectivity index (χ2v) is 7.68. The SMILES string of the molecule is CCN(CC(=O)Nc1ccc(NC(C)=O)cc1)C(C(=O)Nc1ccc(F)cc1)c1ccccc1. The third-order valence-corrected chi connectivity index (χ3v) is 5.08. The van der Waals surface area contributed by atoms with Gasteiger partial charge in [-0.15, -0.1) is 0 Å². The van der Waals surface area contributed by atoms with Gasteiger partial charge >= 0.3 is 0 Å². The maximum absolute atomic E-state index is 13.3. The molecule has 0 fully saturated rings. The molecule has 0 aliphatic carbocycles. The largest absolute Gasteiger partial charge is 0.326 e. The lowest BCUT2D eigenvalue weighted by atomic mass is 10.0. The average Bonchev–Trinajstić information content (AvgIpc) is 2.81. The van der Waals surface area contributed by atoms with Crippen LogP contribution in [0.4, 0.5) is 21.5 Å². The van der Waals surface area contributed by atoms with Gasteiger partial charge in [-0.3, -0.25) is 19.3 Å². The standard InChI is InChI=1S/C26H27FN4O3/c1-3-31(17-24(33)29-22-15-13-21(14-16-22)28-18(2)32)25(19-7-5-4-6-8-19)26(34)30-23-11-9-20(27)10-12-23/h4-16,25H,3,17H2,1-2H3,(H,28,32)(H,29,33)(H,30,34). The number of carbonyl (C=O) groups excluding carboxylic acids is 3. The van der Waals surface area contributed by atoms with E-state index in [9.17, 15) is 18.8 Å². The molecule has 0 spiro atoms. The molecule has 8 heteroatoms. The van der Waals surface area contributed by atoms with Crippen molar-refractivity contribution in [2.75, 3.05) is 29.0 Å². The van der Waals surface area contributed by atoms with Gasteiger partial charge in [0.05, 0.1) is 6.54 Å². The summed E-state index contributed by atoms with van der Waals surface area (Å²) in [5, 5.41) is 8.31. The quantitative estimate of drug-likeness (QED) is 0.439. The molecule has 3 amide bonds. The van der Waals surface area contributed by atoms with Crippen molar-refractivity contribution in [3.8, 4) is 0 Å². The van der Waals surface area contributed by atoms with E-state index in [-0.39, 0.29) is 24.3 Å². The topological polar surface area (TPSA) is 90.5 Å². The fourth-order valence-corrected chi connectivity index (χ4v) is 3.52. The van der Waals surface area contributed by atoms with Crippen molar-refractivity contribution in [2.24, 2.45) is 0 Å². The third-order valence-electron chi connectivity index (χ3n) is 5.08. The maximum atomic E-state index is 13.3. The number of amides is 3. The molecular weight excluding hydrogens is 435 g/mol. The Balaban J connectivity index is 1.74. The number of benzene rings is 3. The zero-order chi connectivity index (χ0) is 24.5. The lowest BCUT2D eigenvalue weighted by Crippen LogP contribution is -2.41. The highest BCUT2D eigenvalue weighted by Gasteiger charge is 2.28. The molecule has 0 saturated heterocycles. The van der Waals surface area contributed by atoms with Crippen LogP contribution in [0.3, 0.4) is 0 Å². The molecule has 0 aliphatic rings. The highest BCUT2D eigenvalue weighted by atomic mass is 19.1. The van der Waals surface area contributed by atoms with Crippen LogP contribution in [0.2, 0.25) is 0 Å². The van der Waals surface area contributed by atoms with E-state index in [1.165, 1.54) is 31.2 Å². The van der Waals surface area contributed by atoms with Crippen molar-refractivity contribution in [1.82, 2.24) is 4.90 Å². The molecule has 3 aromatic carbocycles. The minimum atomic E-state index is -0.732. The molecule has 0 aromatic heterocycles. The van der Waals surface area contributed by atoms with Crippen LogP contribution in [-0.2, 0) is 14.4 Å². The van der Waals surface area contributed by atoms with Gasteiger partial charge in [0.1, 0.15) is 11.9 Å². The minimum absolute atomic E-state index is 0.0274. The number of anilines is 3. The molecule has 3 N–H and O–H groups in total. The Labute approximate surface area is 198 Å². The van der Waals surface area contributed by atoms with E-state index in [0.717, 1.165) is 5.56 Å². The number of likely N-dealkylation sites (N-methyl/N-ethyl adjacent to an activating group) is 1. The smallest absolute Gasteiger partial charge is 0.246 e. The van der Waals surface area contributed by atoms with E-state index < -0.39 is 11.9 Å². The number of hydrogen-bond donors (Lipinski definition) is 3. The van der Waals surface area contributed by atoms with Gasteiger partial charge in [0.2, 0.25) is 17.7 Å². The Morgan fingerprint density at radius 3 is 1.88 bits per heavy atom. The predicted molar refractivity (Wildman–Crippen MR) is 131 cm³/mol. The number of hydrogen-bond acceptors (Lipinski definition) is 4. The van der Waals surface area contributed by atoms with E-state index in [2.05, 4.69) is 16.0 Å². The van der Waals surface area contributed by atoms with E-state index in [1.807, 2.05) is 37.3 Å². The summed E-state index contributed by atoms with van der Waals surface area (Å²) < 4.78 is 13.2. The summed E-state index contributed by atoms with van der Waals surface area (Å²) in [4.78, 5) is 39.0. The van der Waals surface area contributed by atoms with Crippen molar-refractivity contribution >= 4 is 34.8 Å². The van der Waals surface area contributed by atoms with Crippen LogP contribution < -0.4 is 16.0 Å². The maximum Gasteiger partial charge on any atom is 0.246 e. The molecule has 0 radical (unpaired) electrons. The van der Waals surface area contributed by atoms with Crippen molar-refractivity contribution in [1.29, 1.82) is 0 Å². The highest BCUT2D eigenvalue weighted by Crippen LogP contribution is 2.23. The number of nitrogens with one attached hydrogen (secondary N) is 3. The van der Waals surface area contributed by atoms with Crippen LogP contribution in [0.15, 0.2) is 78.9 Å². The molecular formula is C26H27FN4O3. The van der Waals surface area contributed by atoms with Gasteiger partial charge < -0.3 is 16.0 Å². The molecule has 3 rings (SSSR count).